The van der Waals surface area contributed by atoms with E-state index in [1.54, 1.807) is 36.4 Å². The molecule has 0 aliphatic heterocycles. The van der Waals surface area contributed by atoms with E-state index in [1.807, 2.05) is 12.1 Å². The fraction of sp³-hybridized carbons (Fsp3) is 0.0833. The Hall–Kier alpha value is -5.29. The number of fused-ring (bicyclic) bond motifs is 9. The van der Waals surface area contributed by atoms with E-state index in [2.05, 4.69) is 66.9 Å². The Morgan fingerprint density at radius 2 is 1.27 bits per heavy atom. The number of carbonyl (C=O) groups is 2. The van der Waals surface area contributed by atoms with Crippen LogP contribution in [-0.2, 0) is 5.41 Å². The minimum Gasteiger partial charge on any atom is -0.423 e. The second kappa shape index (κ2) is 7.46. The lowest BCUT2D eigenvalue weighted by atomic mass is 9.82. The third-order valence-electron chi connectivity index (χ3n) is 8.99. The van der Waals surface area contributed by atoms with E-state index in [0.29, 0.717) is 39.4 Å². The number of rotatable bonds is 1. The van der Waals surface area contributed by atoms with Gasteiger partial charge in [-0.2, -0.15) is 4.98 Å². The molecule has 9 rings (SSSR count). The number of nitrogens with zero attached hydrogens (tertiary/aromatic N) is 2. The van der Waals surface area contributed by atoms with Gasteiger partial charge in [0, 0.05) is 38.4 Å². The van der Waals surface area contributed by atoms with Crippen LogP contribution in [0.1, 0.15) is 56.8 Å². The summed E-state index contributed by atoms with van der Waals surface area (Å²) in [5.74, 6) is -0.347. The number of benzene rings is 5. The maximum atomic E-state index is 13.3. The highest BCUT2D eigenvalue weighted by atomic mass is 16.4. The third-order valence-corrected chi connectivity index (χ3v) is 8.99. The maximum Gasteiger partial charge on any atom is 0.307 e. The largest absolute Gasteiger partial charge is 0.423 e. The van der Waals surface area contributed by atoms with Crippen LogP contribution >= 0.6 is 0 Å². The topological polar surface area (TPSA) is 65.1 Å². The van der Waals surface area contributed by atoms with Crippen molar-refractivity contribution in [2.75, 3.05) is 0 Å². The van der Waals surface area contributed by atoms with Crippen molar-refractivity contribution in [1.29, 1.82) is 0 Å². The van der Waals surface area contributed by atoms with Gasteiger partial charge in [-0.15, -0.1) is 0 Å². The lowest BCUT2D eigenvalue weighted by molar-refractivity contribution is 0.0979. The highest BCUT2D eigenvalue weighted by Crippen LogP contribution is 2.51. The Bertz CT molecular complexity index is 2260. The molecule has 0 saturated carbocycles. The number of ketones is 2. The Morgan fingerprint density at radius 1 is 0.610 bits per heavy atom. The third kappa shape index (κ3) is 2.77. The molecule has 0 bridgehead atoms. The second-order valence-electron chi connectivity index (χ2n) is 11.5. The van der Waals surface area contributed by atoms with Gasteiger partial charge >= 0.3 is 6.01 Å². The Labute approximate surface area is 234 Å². The van der Waals surface area contributed by atoms with Crippen LogP contribution in [0.5, 0.6) is 0 Å². The van der Waals surface area contributed by atoms with Crippen LogP contribution in [0.3, 0.4) is 0 Å². The predicted octanol–water partition coefficient (Wildman–Crippen LogP) is 8.01. The molecule has 2 heterocycles. The van der Waals surface area contributed by atoms with E-state index in [9.17, 15) is 9.59 Å². The van der Waals surface area contributed by atoms with Crippen molar-refractivity contribution in [2.45, 2.75) is 19.3 Å². The second-order valence-corrected chi connectivity index (χ2v) is 11.5. The van der Waals surface area contributed by atoms with Gasteiger partial charge in [-0.25, -0.2) is 0 Å². The summed E-state index contributed by atoms with van der Waals surface area (Å²) in [5, 5.41) is 2.23. The van der Waals surface area contributed by atoms with Crippen molar-refractivity contribution >= 4 is 44.5 Å². The van der Waals surface area contributed by atoms with E-state index in [-0.39, 0.29) is 17.0 Å². The zero-order valence-electron chi connectivity index (χ0n) is 22.4. The maximum absolute atomic E-state index is 13.3. The average Bonchev–Trinajstić information content (AvgIpc) is 3.62. The molecule has 0 N–H and O–H groups in total. The normalized spacial score (nSPS) is 14.9. The minimum atomic E-state index is -0.177. The number of carbonyl (C=O) groups excluding carboxylic acids is 2. The first kappa shape index (κ1) is 22.5. The van der Waals surface area contributed by atoms with Gasteiger partial charge in [-0.3, -0.25) is 14.2 Å². The van der Waals surface area contributed by atoms with Gasteiger partial charge < -0.3 is 4.42 Å². The molecule has 0 atom stereocenters. The minimum absolute atomic E-state index is 0.155. The molecular formula is C36H22N2O3. The zero-order valence-corrected chi connectivity index (χ0v) is 22.4. The predicted molar refractivity (Wildman–Crippen MR) is 159 cm³/mol. The molecule has 5 heteroatoms. The van der Waals surface area contributed by atoms with Gasteiger partial charge in [0.15, 0.2) is 17.1 Å². The summed E-state index contributed by atoms with van der Waals surface area (Å²) in [6.45, 7) is 4.54. The highest BCUT2D eigenvalue weighted by Gasteiger charge is 2.36. The lowest BCUT2D eigenvalue weighted by Crippen LogP contribution is -2.20. The molecule has 2 aliphatic rings. The fourth-order valence-electron chi connectivity index (χ4n) is 6.97. The summed E-state index contributed by atoms with van der Waals surface area (Å²) in [4.78, 5) is 31.5. The molecule has 5 nitrogen and oxygen atoms in total. The molecule has 2 aliphatic carbocycles. The van der Waals surface area contributed by atoms with Crippen LogP contribution in [0.4, 0.5) is 0 Å². The summed E-state index contributed by atoms with van der Waals surface area (Å²) in [5.41, 5.74) is 9.50. The van der Waals surface area contributed by atoms with Gasteiger partial charge in [0.05, 0.1) is 11.0 Å². The van der Waals surface area contributed by atoms with E-state index < -0.39 is 0 Å². The van der Waals surface area contributed by atoms with E-state index in [4.69, 9.17) is 9.40 Å². The van der Waals surface area contributed by atoms with Crippen molar-refractivity contribution in [1.82, 2.24) is 9.55 Å². The summed E-state index contributed by atoms with van der Waals surface area (Å²) >= 11 is 0. The van der Waals surface area contributed by atoms with Crippen LogP contribution in [0, 0.1) is 0 Å². The number of para-hydroxylation sites is 1. The van der Waals surface area contributed by atoms with E-state index in [1.165, 1.54) is 22.3 Å². The summed E-state index contributed by atoms with van der Waals surface area (Å²) in [6.07, 6.45) is 0. The quantitative estimate of drug-likeness (QED) is 0.216. The molecule has 0 radical (unpaired) electrons. The van der Waals surface area contributed by atoms with Gasteiger partial charge in [0.25, 0.3) is 0 Å². The molecule has 0 saturated heterocycles. The summed E-state index contributed by atoms with van der Waals surface area (Å²) in [6, 6.07) is 32.2. The van der Waals surface area contributed by atoms with Gasteiger partial charge in [-0.1, -0.05) is 80.6 Å². The van der Waals surface area contributed by atoms with Gasteiger partial charge in [-0.05, 0) is 52.6 Å². The van der Waals surface area contributed by atoms with Crippen molar-refractivity contribution in [3.8, 4) is 17.1 Å². The Balaban J connectivity index is 1.31. The number of oxazole rings is 1. The first-order chi connectivity index (χ1) is 19.9. The molecule has 0 fully saturated rings. The molecular weight excluding hydrogens is 508 g/mol. The van der Waals surface area contributed by atoms with Crippen LogP contribution < -0.4 is 0 Å². The van der Waals surface area contributed by atoms with Crippen molar-refractivity contribution in [3.05, 3.63) is 130 Å². The van der Waals surface area contributed by atoms with Crippen molar-refractivity contribution in [2.24, 2.45) is 0 Å². The molecule has 41 heavy (non-hydrogen) atoms. The molecule has 0 unspecified atom stereocenters. The molecule has 7 aromatic rings. The Morgan fingerprint density at radius 3 is 2.05 bits per heavy atom. The number of hydrogen-bond acceptors (Lipinski definition) is 4. The Kier molecular flexibility index (Phi) is 4.10. The monoisotopic (exact) mass is 530 g/mol. The fourth-order valence-corrected chi connectivity index (χ4v) is 6.97. The van der Waals surface area contributed by atoms with Crippen molar-refractivity contribution in [3.63, 3.8) is 0 Å². The van der Waals surface area contributed by atoms with Crippen LogP contribution in [-0.4, -0.2) is 21.1 Å². The zero-order chi connectivity index (χ0) is 27.6. The average molecular weight is 531 g/mol. The van der Waals surface area contributed by atoms with Crippen LogP contribution in [0.2, 0.25) is 0 Å². The number of aromatic nitrogens is 2. The first-order valence-corrected chi connectivity index (χ1v) is 13.7. The lowest BCUT2D eigenvalue weighted by Gasteiger charge is -2.21. The standard InChI is InChI=1S/C36H22N2O3/c1-36(2)27-13-7-5-9-19(27)23-15-24-20-10-6-8-14-30(20)38(31(24)18-28(23)36)35-37-29-16-25-26(17-32(29)41-35)34(40)22-12-4-3-11-21(22)33(25)39/h3-18H,1-2H3. The van der Waals surface area contributed by atoms with Crippen LogP contribution in [0.15, 0.2) is 101 Å². The smallest absolute Gasteiger partial charge is 0.307 e. The summed E-state index contributed by atoms with van der Waals surface area (Å²) in [7, 11) is 0. The van der Waals surface area contributed by atoms with Crippen LogP contribution in [0.25, 0.3) is 50.0 Å². The molecule has 0 amide bonds. The summed E-state index contributed by atoms with van der Waals surface area (Å²) < 4.78 is 8.44. The SMILES string of the molecule is CC1(C)c2ccccc2-c2cc3c4ccccc4n(-c4nc5cc6c(cc5o4)C(=O)c4ccccc4C6=O)c3cc21. The van der Waals surface area contributed by atoms with E-state index in [0.717, 1.165) is 21.8 Å². The molecule has 5 aromatic carbocycles. The molecule has 194 valence electrons. The van der Waals surface area contributed by atoms with E-state index >= 15 is 0 Å². The molecule has 0 spiro atoms. The molecule has 2 aromatic heterocycles. The van der Waals surface area contributed by atoms with Gasteiger partial charge in [0.2, 0.25) is 0 Å². The highest BCUT2D eigenvalue weighted by molar-refractivity contribution is 6.29. The van der Waals surface area contributed by atoms with Crippen molar-refractivity contribution < 1.29 is 14.0 Å². The number of hydrogen-bond donors (Lipinski definition) is 0. The van der Waals surface area contributed by atoms with Gasteiger partial charge in [0.1, 0.15) is 5.52 Å². The first-order valence-electron chi connectivity index (χ1n) is 13.7.